The summed E-state index contributed by atoms with van der Waals surface area (Å²) in [6.45, 7) is 6.74. The van der Waals surface area contributed by atoms with Gasteiger partial charge in [0.2, 0.25) is 0 Å². The van der Waals surface area contributed by atoms with E-state index < -0.39 is 0 Å². The van der Waals surface area contributed by atoms with Crippen molar-refractivity contribution in [3.05, 3.63) is 28.8 Å². The molecule has 2 unspecified atom stereocenters. The average molecular weight is 284 g/mol. The minimum absolute atomic E-state index is 0.164. The van der Waals surface area contributed by atoms with Crippen molar-refractivity contribution in [3.63, 3.8) is 0 Å². The van der Waals surface area contributed by atoms with Gasteiger partial charge in [0.05, 0.1) is 13.2 Å². The van der Waals surface area contributed by atoms with Crippen molar-refractivity contribution in [2.24, 2.45) is 0 Å². The van der Waals surface area contributed by atoms with E-state index in [9.17, 15) is 0 Å². The number of ether oxygens (including phenoxy) is 2. The second-order valence-corrected chi connectivity index (χ2v) is 5.37. The van der Waals surface area contributed by atoms with E-state index in [2.05, 4.69) is 19.2 Å². The van der Waals surface area contributed by atoms with Crippen LogP contribution in [-0.4, -0.2) is 25.9 Å². The summed E-state index contributed by atoms with van der Waals surface area (Å²) in [4.78, 5) is 0. The maximum Gasteiger partial charge on any atom is 0.124 e. The molecule has 1 aromatic rings. The lowest BCUT2D eigenvalue weighted by Crippen LogP contribution is -2.20. The number of nitrogens with one attached hydrogen (secondary N) is 1. The second kappa shape index (κ2) is 7.13. The molecule has 2 rings (SSSR count). The molecule has 0 aliphatic carbocycles. The van der Waals surface area contributed by atoms with Gasteiger partial charge in [-0.25, -0.2) is 0 Å². The zero-order valence-corrected chi connectivity index (χ0v) is 12.4. The summed E-state index contributed by atoms with van der Waals surface area (Å²) in [5.74, 6) is 0.826. The fraction of sp³-hybridized carbons (Fsp3) is 0.600. The minimum atomic E-state index is 0.164. The normalized spacial score (nSPS) is 20.5. The van der Waals surface area contributed by atoms with Gasteiger partial charge in [0.25, 0.3) is 0 Å². The van der Waals surface area contributed by atoms with Crippen LogP contribution in [0.4, 0.5) is 0 Å². The third kappa shape index (κ3) is 4.10. The van der Waals surface area contributed by atoms with Gasteiger partial charge < -0.3 is 14.8 Å². The first-order valence-electron chi connectivity index (χ1n) is 6.98. The average Bonchev–Trinajstić information content (AvgIpc) is 2.89. The molecule has 0 aromatic heterocycles. The zero-order chi connectivity index (χ0) is 13.7. The fourth-order valence-electron chi connectivity index (χ4n) is 2.20. The van der Waals surface area contributed by atoms with Gasteiger partial charge >= 0.3 is 0 Å². The molecule has 2 atom stereocenters. The molecule has 1 N–H and O–H groups in total. The molecule has 1 heterocycles. The summed E-state index contributed by atoms with van der Waals surface area (Å²) < 4.78 is 11.1. The Bertz CT molecular complexity index is 405. The van der Waals surface area contributed by atoms with E-state index in [1.807, 2.05) is 18.2 Å². The van der Waals surface area contributed by atoms with Crippen molar-refractivity contribution < 1.29 is 9.47 Å². The Labute approximate surface area is 120 Å². The molecule has 1 aliphatic heterocycles. The van der Waals surface area contributed by atoms with E-state index in [4.69, 9.17) is 21.1 Å². The van der Waals surface area contributed by atoms with Crippen LogP contribution >= 0.6 is 11.6 Å². The summed E-state index contributed by atoms with van der Waals surface area (Å²) in [5.41, 5.74) is 1.12. The van der Waals surface area contributed by atoms with Crippen LogP contribution in [0.3, 0.4) is 0 Å². The SMILES string of the molecule is CCCNC(C)c1ccc(OC2CCOC2)cc1Cl. The molecule has 19 heavy (non-hydrogen) atoms. The molecule has 0 radical (unpaired) electrons. The van der Waals surface area contributed by atoms with Crippen LogP contribution in [0.1, 0.15) is 38.3 Å². The Morgan fingerprint density at radius 3 is 3.00 bits per heavy atom. The van der Waals surface area contributed by atoms with E-state index in [1.54, 1.807) is 0 Å². The topological polar surface area (TPSA) is 30.5 Å². The monoisotopic (exact) mass is 283 g/mol. The summed E-state index contributed by atoms with van der Waals surface area (Å²) in [6, 6.07) is 6.19. The maximum atomic E-state index is 6.34. The fourth-order valence-corrected chi connectivity index (χ4v) is 2.54. The molecule has 4 heteroatoms. The third-order valence-corrected chi connectivity index (χ3v) is 3.66. The number of hydrogen-bond acceptors (Lipinski definition) is 3. The number of rotatable bonds is 6. The molecular formula is C15H22ClNO2. The van der Waals surface area contributed by atoms with E-state index >= 15 is 0 Å². The zero-order valence-electron chi connectivity index (χ0n) is 11.6. The largest absolute Gasteiger partial charge is 0.488 e. The Kier molecular flexibility index (Phi) is 5.49. The van der Waals surface area contributed by atoms with Crippen LogP contribution in [-0.2, 0) is 4.74 Å². The first-order valence-corrected chi connectivity index (χ1v) is 7.35. The Hall–Kier alpha value is -0.770. The highest BCUT2D eigenvalue weighted by atomic mass is 35.5. The summed E-state index contributed by atoms with van der Waals surface area (Å²) in [6.07, 6.45) is 2.23. The molecule has 0 bridgehead atoms. The lowest BCUT2D eigenvalue weighted by atomic mass is 10.1. The molecule has 0 saturated carbocycles. The van der Waals surface area contributed by atoms with Crippen molar-refractivity contribution in [2.45, 2.75) is 38.8 Å². The van der Waals surface area contributed by atoms with Crippen LogP contribution < -0.4 is 10.1 Å². The summed E-state index contributed by atoms with van der Waals surface area (Å²) in [5, 5.41) is 4.19. The minimum Gasteiger partial charge on any atom is -0.488 e. The Morgan fingerprint density at radius 1 is 1.53 bits per heavy atom. The van der Waals surface area contributed by atoms with Gasteiger partial charge in [-0.1, -0.05) is 24.6 Å². The molecule has 1 aliphatic rings. The second-order valence-electron chi connectivity index (χ2n) is 4.96. The Morgan fingerprint density at radius 2 is 2.37 bits per heavy atom. The van der Waals surface area contributed by atoms with Gasteiger partial charge in [0.15, 0.2) is 0 Å². The lowest BCUT2D eigenvalue weighted by Gasteiger charge is -2.17. The van der Waals surface area contributed by atoms with Gasteiger partial charge in [-0.05, 0) is 37.6 Å². The molecule has 0 amide bonds. The standard InChI is InChI=1S/C15H22ClNO2/c1-3-7-17-11(2)14-5-4-12(9-15(14)16)19-13-6-8-18-10-13/h4-5,9,11,13,17H,3,6-8,10H2,1-2H3. The first-order chi connectivity index (χ1) is 9.20. The van der Waals surface area contributed by atoms with Gasteiger partial charge in [0, 0.05) is 17.5 Å². The molecule has 1 saturated heterocycles. The lowest BCUT2D eigenvalue weighted by molar-refractivity contribution is 0.141. The van der Waals surface area contributed by atoms with E-state index in [0.717, 1.165) is 42.3 Å². The molecule has 1 fully saturated rings. The molecule has 0 spiro atoms. The van der Waals surface area contributed by atoms with Crippen molar-refractivity contribution in [1.29, 1.82) is 0 Å². The number of benzene rings is 1. The van der Waals surface area contributed by atoms with Crippen molar-refractivity contribution in [2.75, 3.05) is 19.8 Å². The highest BCUT2D eigenvalue weighted by molar-refractivity contribution is 6.31. The van der Waals surface area contributed by atoms with Crippen LogP contribution in [0.5, 0.6) is 5.75 Å². The van der Waals surface area contributed by atoms with Gasteiger partial charge in [-0.2, -0.15) is 0 Å². The first kappa shape index (κ1) is 14.6. The number of hydrogen-bond donors (Lipinski definition) is 1. The highest BCUT2D eigenvalue weighted by Gasteiger charge is 2.18. The van der Waals surface area contributed by atoms with Crippen molar-refractivity contribution in [1.82, 2.24) is 5.32 Å². The van der Waals surface area contributed by atoms with Gasteiger partial charge in [0.1, 0.15) is 11.9 Å². The van der Waals surface area contributed by atoms with Crippen molar-refractivity contribution in [3.8, 4) is 5.75 Å². The van der Waals surface area contributed by atoms with Crippen LogP contribution in [0.2, 0.25) is 5.02 Å². The molecule has 106 valence electrons. The van der Waals surface area contributed by atoms with Crippen LogP contribution in [0, 0.1) is 0 Å². The van der Waals surface area contributed by atoms with E-state index in [-0.39, 0.29) is 12.1 Å². The number of halogens is 1. The van der Waals surface area contributed by atoms with Crippen molar-refractivity contribution >= 4 is 11.6 Å². The van der Waals surface area contributed by atoms with Gasteiger partial charge in [-0.15, -0.1) is 0 Å². The third-order valence-electron chi connectivity index (χ3n) is 3.33. The van der Waals surface area contributed by atoms with E-state index in [1.165, 1.54) is 0 Å². The summed E-state index contributed by atoms with van der Waals surface area (Å²) >= 11 is 6.34. The Balaban J connectivity index is 1.99. The molecule has 1 aromatic carbocycles. The maximum absolute atomic E-state index is 6.34. The smallest absolute Gasteiger partial charge is 0.124 e. The van der Waals surface area contributed by atoms with Crippen LogP contribution in [0.25, 0.3) is 0 Å². The van der Waals surface area contributed by atoms with E-state index in [0.29, 0.717) is 6.61 Å². The molecular weight excluding hydrogens is 262 g/mol. The predicted octanol–water partition coefficient (Wildman–Crippen LogP) is 3.57. The van der Waals surface area contributed by atoms with Crippen LogP contribution in [0.15, 0.2) is 18.2 Å². The molecule has 3 nitrogen and oxygen atoms in total. The summed E-state index contributed by atoms with van der Waals surface area (Å²) in [7, 11) is 0. The van der Waals surface area contributed by atoms with Gasteiger partial charge in [-0.3, -0.25) is 0 Å². The quantitative estimate of drug-likeness (QED) is 0.866. The highest BCUT2D eigenvalue weighted by Crippen LogP contribution is 2.28. The predicted molar refractivity (Wildman–Crippen MR) is 78.0 cm³/mol.